The smallest absolute Gasteiger partial charge is 0.193 e. The summed E-state index contributed by atoms with van der Waals surface area (Å²) < 4.78 is 0. The first-order valence-corrected chi connectivity index (χ1v) is 5.88. The molecule has 2 aromatic carbocycles. The van der Waals surface area contributed by atoms with Crippen LogP contribution in [0.25, 0.3) is 16.3 Å². The van der Waals surface area contributed by atoms with Gasteiger partial charge in [0, 0.05) is 6.20 Å². The van der Waals surface area contributed by atoms with Gasteiger partial charge in [0.25, 0.3) is 0 Å². The first-order valence-electron chi connectivity index (χ1n) is 5.50. The van der Waals surface area contributed by atoms with Gasteiger partial charge < -0.3 is 5.73 Å². The Kier molecular flexibility index (Phi) is 3.80. The number of hydrogen-bond acceptors (Lipinski definition) is 1. The first-order chi connectivity index (χ1) is 8.66. The zero-order valence-corrected chi connectivity index (χ0v) is 10.6. The van der Waals surface area contributed by atoms with Crippen LogP contribution in [-0.2, 0) is 0 Å². The lowest BCUT2D eigenvalue weighted by Crippen LogP contribution is -1.99. The quantitative estimate of drug-likeness (QED) is 0.384. The molecule has 0 saturated heterocycles. The van der Waals surface area contributed by atoms with E-state index >= 15 is 0 Å². The van der Waals surface area contributed by atoms with Gasteiger partial charge in [0.15, 0.2) is 5.29 Å². The molecule has 0 aliphatic carbocycles. The Morgan fingerprint density at radius 3 is 2.61 bits per heavy atom. The van der Waals surface area contributed by atoms with Crippen LogP contribution in [0, 0.1) is 0 Å². The maximum absolute atomic E-state index is 5.43. The third-order valence-corrected chi connectivity index (χ3v) is 2.69. The molecule has 0 radical (unpaired) electrons. The van der Waals surface area contributed by atoms with Gasteiger partial charge >= 0.3 is 0 Å². The van der Waals surface area contributed by atoms with E-state index < -0.39 is 0 Å². The van der Waals surface area contributed by atoms with Crippen LogP contribution in [0.15, 0.2) is 66.3 Å². The van der Waals surface area contributed by atoms with Crippen LogP contribution < -0.4 is 5.73 Å². The van der Waals surface area contributed by atoms with Crippen LogP contribution in [-0.4, -0.2) is 5.29 Å². The third kappa shape index (κ3) is 2.99. The van der Waals surface area contributed by atoms with E-state index in [1.54, 1.807) is 12.3 Å². The normalized spacial score (nSPS) is 12.2. The van der Waals surface area contributed by atoms with Crippen molar-refractivity contribution < 1.29 is 0 Å². The van der Waals surface area contributed by atoms with E-state index in [9.17, 15) is 0 Å². The number of fused-ring (bicyclic) bond motifs is 1. The number of amidine groups is 1. The summed E-state index contributed by atoms with van der Waals surface area (Å²) in [6.07, 6.45) is 3.32. The topological polar surface area (TPSA) is 38.4 Å². The predicted octanol–water partition coefficient (Wildman–Crippen LogP) is 3.92. The van der Waals surface area contributed by atoms with Gasteiger partial charge in [-0.15, -0.1) is 0 Å². The lowest BCUT2D eigenvalue weighted by atomic mass is 10.0. The van der Waals surface area contributed by atoms with Crippen molar-refractivity contribution >= 4 is 33.2 Å². The fourth-order valence-corrected chi connectivity index (χ4v) is 1.74. The first kappa shape index (κ1) is 12.4. The minimum atomic E-state index is 0.0116. The van der Waals surface area contributed by atoms with Crippen molar-refractivity contribution in [1.29, 1.82) is 0 Å². The average molecular weight is 257 g/mol. The van der Waals surface area contributed by atoms with E-state index in [4.69, 9.17) is 17.3 Å². The summed E-state index contributed by atoms with van der Waals surface area (Å²) in [5, 5.41) is 2.41. The molecule has 2 N–H and O–H groups in total. The maximum atomic E-state index is 5.43. The summed E-state index contributed by atoms with van der Waals surface area (Å²) in [4.78, 5) is 3.77. The van der Waals surface area contributed by atoms with Crippen molar-refractivity contribution in [2.24, 2.45) is 10.7 Å². The second-order valence-corrected chi connectivity index (χ2v) is 4.24. The zero-order chi connectivity index (χ0) is 13.0. The number of aliphatic imine (C=N–C) groups is 1. The monoisotopic (exact) mass is 256 g/mol. The Hall–Kier alpha value is -2.06. The van der Waals surface area contributed by atoms with Gasteiger partial charge in [0.05, 0.1) is 0 Å². The van der Waals surface area contributed by atoms with Crippen LogP contribution in [0.2, 0.25) is 0 Å². The summed E-state index contributed by atoms with van der Waals surface area (Å²) in [6, 6.07) is 14.4. The molecule has 3 heteroatoms. The van der Waals surface area contributed by atoms with Crippen LogP contribution in [0.5, 0.6) is 0 Å². The molecule has 2 aromatic rings. The second kappa shape index (κ2) is 5.52. The molecule has 0 saturated carbocycles. The molecule has 0 spiro atoms. The summed E-state index contributed by atoms with van der Waals surface area (Å²) in [6.45, 7) is 3.99. The molecule has 0 atom stereocenters. The molecule has 0 aromatic heterocycles. The summed E-state index contributed by atoms with van der Waals surface area (Å²) >= 11 is 5.43. The largest absolute Gasteiger partial charge is 0.374 e. The number of hydrogen-bond donors (Lipinski definition) is 1. The van der Waals surface area contributed by atoms with Gasteiger partial charge in [-0.3, -0.25) is 0 Å². The molecule has 0 aliphatic rings. The van der Waals surface area contributed by atoms with Crippen molar-refractivity contribution in [2.75, 3.05) is 0 Å². The minimum absolute atomic E-state index is 0.0116. The highest BCUT2D eigenvalue weighted by molar-refractivity contribution is 6.64. The van der Waals surface area contributed by atoms with Gasteiger partial charge in [-0.25, -0.2) is 4.99 Å². The maximum Gasteiger partial charge on any atom is 0.193 e. The Balaban J connectivity index is 2.28. The number of nitrogens with two attached hydrogens (primary N) is 1. The van der Waals surface area contributed by atoms with Crippen molar-refractivity contribution in [2.45, 2.75) is 0 Å². The van der Waals surface area contributed by atoms with Gasteiger partial charge in [-0.1, -0.05) is 43.0 Å². The Morgan fingerprint density at radius 2 is 1.89 bits per heavy atom. The number of halogens is 1. The van der Waals surface area contributed by atoms with E-state index in [1.165, 1.54) is 10.8 Å². The molecule has 0 heterocycles. The zero-order valence-electron chi connectivity index (χ0n) is 9.81. The van der Waals surface area contributed by atoms with Crippen molar-refractivity contribution in [3.8, 4) is 0 Å². The molecule has 2 nitrogen and oxygen atoms in total. The van der Waals surface area contributed by atoms with E-state index in [0.717, 1.165) is 11.1 Å². The molecular formula is C15H13ClN2. The fourth-order valence-electron chi connectivity index (χ4n) is 1.68. The molecule has 90 valence electrons. The van der Waals surface area contributed by atoms with Crippen molar-refractivity contribution in [3.63, 3.8) is 0 Å². The molecule has 0 bridgehead atoms. The second-order valence-electron chi connectivity index (χ2n) is 3.85. The Morgan fingerprint density at radius 1 is 1.17 bits per heavy atom. The van der Waals surface area contributed by atoms with E-state index in [1.807, 2.05) is 18.2 Å². The van der Waals surface area contributed by atoms with E-state index in [0.29, 0.717) is 0 Å². The van der Waals surface area contributed by atoms with Gasteiger partial charge in [0.1, 0.15) is 0 Å². The lowest BCUT2D eigenvalue weighted by molar-refractivity contribution is 1.54. The van der Waals surface area contributed by atoms with E-state index in [-0.39, 0.29) is 5.29 Å². The highest BCUT2D eigenvalue weighted by Gasteiger charge is 1.97. The highest BCUT2D eigenvalue weighted by Crippen LogP contribution is 2.20. The Bertz CT molecular complexity index is 638. The predicted molar refractivity (Wildman–Crippen MR) is 79.6 cm³/mol. The van der Waals surface area contributed by atoms with Crippen LogP contribution >= 0.6 is 11.6 Å². The van der Waals surface area contributed by atoms with Crippen LogP contribution in [0.1, 0.15) is 5.56 Å². The molecular weight excluding hydrogens is 244 g/mol. The third-order valence-electron chi connectivity index (χ3n) is 2.59. The molecule has 18 heavy (non-hydrogen) atoms. The van der Waals surface area contributed by atoms with Gasteiger partial charge in [-0.05, 0) is 45.7 Å². The fraction of sp³-hybridized carbons (Fsp3) is 0. The highest BCUT2D eigenvalue weighted by atomic mass is 35.5. The van der Waals surface area contributed by atoms with Crippen LogP contribution in [0.3, 0.4) is 0 Å². The molecule has 0 unspecified atom stereocenters. The number of benzene rings is 2. The lowest BCUT2D eigenvalue weighted by Gasteiger charge is -2.03. The van der Waals surface area contributed by atoms with E-state index in [2.05, 4.69) is 35.8 Å². The number of allylic oxidation sites excluding steroid dienone is 2. The van der Waals surface area contributed by atoms with Crippen LogP contribution in [0.4, 0.5) is 0 Å². The molecule has 0 amide bonds. The SMILES string of the molecule is C=C(/C=C\N=C(N)Cl)c1ccc2ccccc2c1. The average Bonchev–Trinajstić information content (AvgIpc) is 2.37. The molecule has 2 rings (SSSR count). The van der Waals surface area contributed by atoms with Gasteiger partial charge in [-0.2, -0.15) is 0 Å². The molecule has 0 fully saturated rings. The summed E-state index contributed by atoms with van der Waals surface area (Å²) in [5.41, 5.74) is 7.14. The van der Waals surface area contributed by atoms with Crippen molar-refractivity contribution in [1.82, 2.24) is 0 Å². The Labute approximate surface area is 111 Å². The minimum Gasteiger partial charge on any atom is -0.374 e. The standard InChI is InChI=1S/C15H13ClN2/c1-11(8-9-18-15(16)17)13-7-6-12-4-2-3-5-14(12)10-13/h2-10H,1H2,(H2,17,18)/b9-8-. The summed E-state index contributed by atoms with van der Waals surface area (Å²) in [5.74, 6) is 0. The molecule has 0 aliphatic heterocycles. The number of nitrogens with zero attached hydrogens (tertiary/aromatic N) is 1. The summed E-state index contributed by atoms with van der Waals surface area (Å²) in [7, 11) is 0. The van der Waals surface area contributed by atoms with Crippen molar-refractivity contribution in [3.05, 3.63) is 66.9 Å². The number of rotatable bonds is 3. The van der Waals surface area contributed by atoms with Gasteiger partial charge in [0.2, 0.25) is 0 Å².